The Hall–Kier alpha value is -1.06. The molecule has 2 N–H and O–H groups in total. The smallest absolute Gasteiger partial charge is 0.0450 e. The number of hydrogen-bond donors (Lipinski definition) is 2. The molecule has 2 nitrogen and oxygen atoms in total. The number of nitrogens with one attached hydrogen (secondary N) is 2. The lowest BCUT2D eigenvalue weighted by Gasteiger charge is -2.08. The largest absolute Gasteiger partial charge is 0.311 e. The molecule has 0 aliphatic carbocycles. The summed E-state index contributed by atoms with van der Waals surface area (Å²) in [5.41, 5.74) is 2.25. The third kappa shape index (κ3) is 4.80. The van der Waals surface area contributed by atoms with E-state index in [2.05, 4.69) is 10.6 Å². The Balaban J connectivity index is 1.63. The lowest BCUT2D eigenvalue weighted by Crippen LogP contribution is -2.26. The normalized spacial score (nSPS) is 10.7. The average molecular weight is 309 g/mol. The van der Waals surface area contributed by atoms with Crippen molar-refractivity contribution in [3.63, 3.8) is 0 Å². The van der Waals surface area contributed by atoms with Gasteiger partial charge in [0.1, 0.15) is 0 Å². The molecule has 0 bridgehead atoms. The van der Waals surface area contributed by atoms with Gasteiger partial charge in [-0.25, -0.2) is 0 Å². The van der Waals surface area contributed by atoms with Gasteiger partial charge in [0.2, 0.25) is 0 Å². The van der Waals surface area contributed by atoms with Crippen molar-refractivity contribution in [3.8, 4) is 0 Å². The third-order valence-corrected chi connectivity index (χ3v) is 3.76. The van der Waals surface area contributed by atoms with Gasteiger partial charge in [-0.3, -0.25) is 0 Å². The Morgan fingerprint density at radius 2 is 1.05 bits per heavy atom. The van der Waals surface area contributed by atoms with Gasteiger partial charge in [0.15, 0.2) is 0 Å². The van der Waals surface area contributed by atoms with Crippen molar-refractivity contribution in [1.82, 2.24) is 10.6 Å². The Morgan fingerprint density at radius 3 is 1.45 bits per heavy atom. The van der Waals surface area contributed by atoms with Crippen LogP contribution < -0.4 is 10.6 Å². The maximum Gasteiger partial charge on any atom is 0.0450 e. The summed E-state index contributed by atoms with van der Waals surface area (Å²) in [7, 11) is 0. The van der Waals surface area contributed by atoms with E-state index in [0.717, 1.165) is 47.4 Å². The predicted octanol–water partition coefficient (Wildman–Crippen LogP) is 3.87. The van der Waals surface area contributed by atoms with E-state index in [0.29, 0.717) is 0 Å². The fraction of sp³-hybridized carbons (Fsp3) is 0.250. The molecule has 0 saturated carbocycles. The first-order valence-corrected chi connectivity index (χ1v) is 7.41. The molecule has 0 radical (unpaired) electrons. The van der Waals surface area contributed by atoms with Gasteiger partial charge in [-0.2, -0.15) is 0 Å². The van der Waals surface area contributed by atoms with Crippen molar-refractivity contribution in [2.45, 2.75) is 13.1 Å². The topological polar surface area (TPSA) is 24.1 Å². The molecule has 2 aromatic rings. The highest BCUT2D eigenvalue weighted by Crippen LogP contribution is 2.14. The minimum atomic E-state index is 0.785. The highest BCUT2D eigenvalue weighted by atomic mass is 35.5. The molecule has 2 aromatic carbocycles. The fourth-order valence-electron chi connectivity index (χ4n) is 1.91. The SMILES string of the molecule is Clc1ccccc1CNCCNCc1ccccc1Cl. The molecular weight excluding hydrogens is 291 g/mol. The van der Waals surface area contributed by atoms with Crippen LogP contribution in [0.3, 0.4) is 0 Å². The van der Waals surface area contributed by atoms with E-state index < -0.39 is 0 Å². The van der Waals surface area contributed by atoms with Crippen LogP contribution in [0.15, 0.2) is 48.5 Å². The summed E-state index contributed by atoms with van der Waals surface area (Å²) in [6.45, 7) is 3.34. The van der Waals surface area contributed by atoms with Gasteiger partial charge in [-0.1, -0.05) is 59.6 Å². The standard InChI is InChI=1S/C16H18Cl2N2/c17-15-7-3-1-5-13(15)11-19-9-10-20-12-14-6-2-4-8-16(14)18/h1-8,19-20H,9-12H2. The molecule has 0 unspecified atom stereocenters. The summed E-state index contributed by atoms with van der Waals surface area (Å²) in [6, 6.07) is 15.8. The molecule has 0 heterocycles. The molecule has 4 heteroatoms. The van der Waals surface area contributed by atoms with Crippen LogP contribution in [0, 0.1) is 0 Å². The third-order valence-electron chi connectivity index (χ3n) is 3.03. The van der Waals surface area contributed by atoms with Crippen LogP contribution in [0.4, 0.5) is 0 Å². The summed E-state index contributed by atoms with van der Waals surface area (Å²) < 4.78 is 0. The van der Waals surface area contributed by atoms with E-state index in [9.17, 15) is 0 Å². The van der Waals surface area contributed by atoms with Crippen molar-refractivity contribution in [1.29, 1.82) is 0 Å². The van der Waals surface area contributed by atoms with Gasteiger partial charge in [-0.05, 0) is 23.3 Å². The van der Waals surface area contributed by atoms with E-state index in [1.165, 1.54) is 0 Å². The molecule has 0 atom stereocenters. The molecule has 0 spiro atoms. The van der Waals surface area contributed by atoms with Crippen molar-refractivity contribution in [2.75, 3.05) is 13.1 Å². The Bertz CT molecular complexity index is 494. The molecule has 0 aromatic heterocycles. The molecule has 2 rings (SSSR count). The molecule has 0 amide bonds. The van der Waals surface area contributed by atoms with Crippen molar-refractivity contribution in [2.24, 2.45) is 0 Å². The van der Waals surface area contributed by atoms with E-state index >= 15 is 0 Å². The van der Waals surface area contributed by atoms with Crippen LogP contribution in [0.5, 0.6) is 0 Å². The fourth-order valence-corrected chi connectivity index (χ4v) is 2.31. The zero-order valence-electron chi connectivity index (χ0n) is 11.2. The van der Waals surface area contributed by atoms with Crippen molar-refractivity contribution >= 4 is 23.2 Å². The molecule has 20 heavy (non-hydrogen) atoms. The highest BCUT2D eigenvalue weighted by Gasteiger charge is 1.99. The second-order valence-corrected chi connectivity index (χ2v) is 5.35. The van der Waals surface area contributed by atoms with Gasteiger partial charge in [0.25, 0.3) is 0 Å². The van der Waals surface area contributed by atoms with Gasteiger partial charge in [0, 0.05) is 36.2 Å². The number of rotatable bonds is 7. The minimum Gasteiger partial charge on any atom is -0.311 e. The highest BCUT2D eigenvalue weighted by molar-refractivity contribution is 6.31. The maximum atomic E-state index is 6.09. The summed E-state index contributed by atoms with van der Waals surface area (Å²) >= 11 is 12.2. The first kappa shape index (κ1) is 15.3. The minimum absolute atomic E-state index is 0.785. The number of hydrogen-bond acceptors (Lipinski definition) is 2. The van der Waals surface area contributed by atoms with E-state index in [1.54, 1.807) is 0 Å². The quantitative estimate of drug-likeness (QED) is 0.759. The van der Waals surface area contributed by atoms with E-state index in [4.69, 9.17) is 23.2 Å². The van der Waals surface area contributed by atoms with Crippen LogP contribution in [0.25, 0.3) is 0 Å². The molecule has 0 aliphatic heterocycles. The summed E-state index contributed by atoms with van der Waals surface area (Å²) in [5, 5.41) is 8.35. The summed E-state index contributed by atoms with van der Waals surface area (Å²) in [4.78, 5) is 0. The molecule has 0 saturated heterocycles. The van der Waals surface area contributed by atoms with Crippen LogP contribution in [0.2, 0.25) is 10.0 Å². The maximum absolute atomic E-state index is 6.09. The van der Waals surface area contributed by atoms with Gasteiger partial charge in [0.05, 0.1) is 0 Å². The van der Waals surface area contributed by atoms with Crippen molar-refractivity contribution < 1.29 is 0 Å². The second-order valence-electron chi connectivity index (χ2n) is 4.54. The molecular formula is C16H18Cl2N2. The van der Waals surface area contributed by atoms with Crippen LogP contribution in [0.1, 0.15) is 11.1 Å². The Morgan fingerprint density at radius 1 is 0.650 bits per heavy atom. The Labute approximate surface area is 130 Å². The monoisotopic (exact) mass is 308 g/mol. The lowest BCUT2D eigenvalue weighted by molar-refractivity contribution is 0.611. The van der Waals surface area contributed by atoms with Crippen LogP contribution in [-0.2, 0) is 13.1 Å². The van der Waals surface area contributed by atoms with Crippen LogP contribution in [-0.4, -0.2) is 13.1 Å². The van der Waals surface area contributed by atoms with Gasteiger partial charge in [-0.15, -0.1) is 0 Å². The zero-order chi connectivity index (χ0) is 14.2. The predicted molar refractivity (Wildman–Crippen MR) is 86.3 cm³/mol. The zero-order valence-corrected chi connectivity index (χ0v) is 12.7. The van der Waals surface area contributed by atoms with E-state index in [-0.39, 0.29) is 0 Å². The number of halogens is 2. The van der Waals surface area contributed by atoms with Crippen LogP contribution >= 0.6 is 23.2 Å². The summed E-state index contributed by atoms with van der Waals surface area (Å²) in [5.74, 6) is 0. The first-order valence-electron chi connectivity index (χ1n) is 6.65. The Kier molecular flexibility index (Phi) is 6.34. The number of benzene rings is 2. The lowest BCUT2D eigenvalue weighted by atomic mass is 10.2. The molecule has 0 aliphatic rings. The molecule has 106 valence electrons. The van der Waals surface area contributed by atoms with Crippen molar-refractivity contribution in [3.05, 3.63) is 69.7 Å². The first-order chi connectivity index (χ1) is 9.77. The average Bonchev–Trinajstić information content (AvgIpc) is 2.46. The van der Waals surface area contributed by atoms with Gasteiger partial charge < -0.3 is 10.6 Å². The second kappa shape index (κ2) is 8.28. The summed E-state index contributed by atoms with van der Waals surface area (Å²) in [6.07, 6.45) is 0. The van der Waals surface area contributed by atoms with Gasteiger partial charge >= 0.3 is 0 Å². The van der Waals surface area contributed by atoms with E-state index in [1.807, 2.05) is 48.5 Å². The molecule has 0 fully saturated rings.